The summed E-state index contributed by atoms with van der Waals surface area (Å²) in [6.45, 7) is 0. The van der Waals surface area contributed by atoms with Crippen molar-refractivity contribution in [3.05, 3.63) is 30.3 Å². The summed E-state index contributed by atoms with van der Waals surface area (Å²) in [6, 6.07) is 9.44. The predicted molar refractivity (Wildman–Crippen MR) is 62.2 cm³/mol. The van der Waals surface area contributed by atoms with Crippen molar-refractivity contribution < 1.29 is 9.53 Å². The summed E-state index contributed by atoms with van der Waals surface area (Å²) in [4.78, 5) is 11.5. The summed E-state index contributed by atoms with van der Waals surface area (Å²) >= 11 is 0. The summed E-state index contributed by atoms with van der Waals surface area (Å²) in [5.74, 6) is 0. The minimum Gasteiger partial charge on any atom is -0.446 e. The topological polar surface area (TPSA) is 64.3 Å². The van der Waals surface area contributed by atoms with Crippen molar-refractivity contribution >= 4 is 11.8 Å². The molecule has 0 saturated heterocycles. The number of carbonyl (C=O) groups is 1. The quantitative estimate of drug-likeness (QED) is 0.802. The molecule has 4 heteroatoms. The van der Waals surface area contributed by atoms with Gasteiger partial charge < -0.3 is 10.5 Å². The van der Waals surface area contributed by atoms with Crippen LogP contribution in [0.3, 0.4) is 0 Å². The van der Waals surface area contributed by atoms with Crippen LogP contribution in [0, 0.1) is 0 Å². The molecule has 2 rings (SSSR count). The number of hydrogen-bond donors (Lipinski definition) is 2. The van der Waals surface area contributed by atoms with Gasteiger partial charge in [-0.3, -0.25) is 5.32 Å². The minimum absolute atomic E-state index is 0.0290. The lowest BCUT2D eigenvalue weighted by Gasteiger charge is -2.12. The number of carbonyl (C=O) groups excluding carboxylic acids is 1. The van der Waals surface area contributed by atoms with E-state index in [0.29, 0.717) is 0 Å². The van der Waals surface area contributed by atoms with Crippen LogP contribution < -0.4 is 11.1 Å². The van der Waals surface area contributed by atoms with E-state index in [1.807, 2.05) is 30.3 Å². The predicted octanol–water partition coefficient (Wildman–Crippen LogP) is 2.11. The van der Waals surface area contributed by atoms with E-state index in [1.165, 1.54) is 0 Å². The molecule has 16 heavy (non-hydrogen) atoms. The fraction of sp³-hybridized carbons (Fsp3) is 0.417. The second kappa shape index (κ2) is 4.99. The first kappa shape index (κ1) is 11.0. The van der Waals surface area contributed by atoms with Gasteiger partial charge in [-0.2, -0.15) is 0 Å². The first-order chi connectivity index (χ1) is 7.74. The lowest BCUT2D eigenvalue weighted by molar-refractivity contribution is 0.114. The summed E-state index contributed by atoms with van der Waals surface area (Å²) in [5.41, 5.74) is 6.49. The maximum Gasteiger partial charge on any atom is 0.411 e. The highest BCUT2D eigenvalue weighted by molar-refractivity contribution is 5.84. The highest BCUT2D eigenvalue weighted by Gasteiger charge is 2.24. The Hall–Kier alpha value is -1.55. The minimum atomic E-state index is -0.398. The van der Waals surface area contributed by atoms with Crippen LogP contribution in [0.4, 0.5) is 10.5 Å². The zero-order valence-corrected chi connectivity index (χ0v) is 9.06. The van der Waals surface area contributed by atoms with E-state index in [-0.39, 0.29) is 12.1 Å². The van der Waals surface area contributed by atoms with Crippen LogP contribution in [0.5, 0.6) is 0 Å². The number of nitrogens with two attached hydrogens (primary N) is 1. The molecule has 1 aliphatic carbocycles. The Morgan fingerprint density at radius 1 is 1.31 bits per heavy atom. The SMILES string of the molecule is NC1CCC(OC(=O)Nc2ccccc2)C1. The van der Waals surface area contributed by atoms with Crippen molar-refractivity contribution in [1.29, 1.82) is 0 Å². The Kier molecular flexibility index (Phi) is 3.41. The third-order valence-electron chi connectivity index (χ3n) is 2.72. The van der Waals surface area contributed by atoms with E-state index in [0.717, 1.165) is 24.9 Å². The molecule has 1 aliphatic rings. The van der Waals surface area contributed by atoms with Gasteiger partial charge in [-0.25, -0.2) is 4.79 Å². The van der Waals surface area contributed by atoms with Gasteiger partial charge in [0.15, 0.2) is 0 Å². The molecule has 1 fully saturated rings. The number of nitrogens with one attached hydrogen (secondary N) is 1. The zero-order chi connectivity index (χ0) is 11.4. The molecule has 1 aromatic carbocycles. The monoisotopic (exact) mass is 220 g/mol. The van der Waals surface area contributed by atoms with Crippen LogP contribution in [-0.2, 0) is 4.74 Å². The lowest BCUT2D eigenvalue weighted by Crippen LogP contribution is -2.22. The van der Waals surface area contributed by atoms with Gasteiger partial charge in [-0.05, 0) is 31.4 Å². The number of hydrogen-bond acceptors (Lipinski definition) is 3. The van der Waals surface area contributed by atoms with Crippen molar-refractivity contribution in [2.45, 2.75) is 31.4 Å². The molecule has 1 amide bonds. The average molecular weight is 220 g/mol. The molecule has 1 aromatic rings. The number of ether oxygens (including phenoxy) is 1. The Bertz CT molecular complexity index is 353. The Labute approximate surface area is 94.8 Å². The van der Waals surface area contributed by atoms with Crippen molar-refractivity contribution in [2.24, 2.45) is 5.73 Å². The van der Waals surface area contributed by atoms with Gasteiger partial charge >= 0.3 is 6.09 Å². The lowest BCUT2D eigenvalue weighted by atomic mass is 10.3. The molecule has 0 aromatic heterocycles. The van der Waals surface area contributed by atoms with E-state index in [2.05, 4.69) is 5.32 Å². The summed E-state index contributed by atoms with van der Waals surface area (Å²) in [5, 5.41) is 2.68. The number of para-hydroxylation sites is 1. The van der Waals surface area contributed by atoms with Crippen LogP contribution in [0.15, 0.2) is 30.3 Å². The van der Waals surface area contributed by atoms with E-state index in [1.54, 1.807) is 0 Å². The van der Waals surface area contributed by atoms with Crippen molar-refractivity contribution in [2.75, 3.05) is 5.32 Å². The van der Waals surface area contributed by atoms with Gasteiger partial charge in [0, 0.05) is 11.7 Å². The summed E-state index contributed by atoms with van der Waals surface area (Å²) in [7, 11) is 0. The number of rotatable bonds is 2. The number of amides is 1. The van der Waals surface area contributed by atoms with Crippen LogP contribution in [0.25, 0.3) is 0 Å². The molecular weight excluding hydrogens is 204 g/mol. The van der Waals surface area contributed by atoms with Gasteiger partial charge in [-0.1, -0.05) is 18.2 Å². The summed E-state index contributed by atoms with van der Waals surface area (Å²) < 4.78 is 5.26. The highest BCUT2D eigenvalue weighted by Crippen LogP contribution is 2.20. The second-order valence-corrected chi connectivity index (χ2v) is 4.09. The van der Waals surface area contributed by atoms with Crippen LogP contribution >= 0.6 is 0 Å². The highest BCUT2D eigenvalue weighted by atomic mass is 16.6. The van der Waals surface area contributed by atoms with Gasteiger partial charge in [0.25, 0.3) is 0 Å². The van der Waals surface area contributed by atoms with Crippen LogP contribution in [0.1, 0.15) is 19.3 Å². The molecule has 2 atom stereocenters. The Morgan fingerprint density at radius 3 is 2.69 bits per heavy atom. The number of anilines is 1. The van der Waals surface area contributed by atoms with Gasteiger partial charge in [0.2, 0.25) is 0 Å². The van der Waals surface area contributed by atoms with E-state index < -0.39 is 6.09 Å². The Balaban J connectivity index is 1.81. The molecule has 3 N–H and O–H groups in total. The van der Waals surface area contributed by atoms with E-state index in [9.17, 15) is 4.79 Å². The molecule has 0 spiro atoms. The van der Waals surface area contributed by atoms with E-state index in [4.69, 9.17) is 10.5 Å². The Morgan fingerprint density at radius 2 is 2.06 bits per heavy atom. The molecule has 4 nitrogen and oxygen atoms in total. The van der Waals surface area contributed by atoms with Crippen LogP contribution in [0.2, 0.25) is 0 Å². The summed E-state index contributed by atoms with van der Waals surface area (Å²) in [6.07, 6.45) is 2.14. The molecular formula is C12H16N2O2. The third kappa shape index (κ3) is 2.97. The van der Waals surface area contributed by atoms with Crippen molar-refractivity contribution in [1.82, 2.24) is 0 Å². The molecule has 0 radical (unpaired) electrons. The van der Waals surface area contributed by atoms with Crippen LogP contribution in [-0.4, -0.2) is 18.2 Å². The maximum absolute atomic E-state index is 11.5. The van der Waals surface area contributed by atoms with Gasteiger partial charge in [-0.15, -0.1) is 0 Å². The molecule has 1 saturated carbocycles. The molecule has 0 heterocycles. The first-order valence-electron chi connectivity index (χ1n) is 5.52. The van der Waals surface area contributed by atoms with Gasteiger partial charge in [0.1, 0.15) is 6.10 Å². The molecule has 0 aliphatic heterocycles. The maximum atomic E-state index is 11.5. The van der Waals surface area contributed by atoms with Gasteiger partial charge in [0.05, 0.1) is 0 Å². The smallest absolute Gasteiger partial charge is 0.411 e. The second-order valence-electron chi connectivity index (χ2n) is 4.09. The molecule has 0 bridgehead atoms. The first-order valence-corrected chi connectivity index (χ1v) is 5.52. The van der Waals surface area contributed by atoms with Crippen molar-refractivity contribution in [3.63, 3.8) is 0 Å². The zero-order valence-electron chi connectivity index (χ0n) is 9.06. The fourth-order valence-corrected chi connectivity index (χ4v) is 1.90. The molecule has 86 valence electrons. The normalized spacial score (nSPS) is 24.1. The third-order valence-corrected chi connectivity index (χ3v) is 2.72. The van der Waals surface area contributed by atoms with Crippen molar-refractivity contribution in [3.8, 4) is 0 Å². The molecule has 2 unspecified atom stereocenters. The largest absolute Gasteiger partial charge is 0.446 e. The standard InChI is InChI=1S/C12H16N2O2/c13-9-6-7-11(8-9)16-12(15)14-10-4-2-1-3-5-10/h1-5,9,11H,6-8,13H2,(H,14,15). The number of benzene rings is 1. The average Bonchev–Trinajstić information content (AvgIpc) is 2.65. The fourth-order valence-electron chi connectivity index (χ4n) is 1.90. The van der Waals surface area contributed by atoms with E-state index >= 15 is 0 Å².